The van der Waals surface area contributed by atoms with Gasteiger partial charge in [-0.15, -0.1) is 0 Å². The van der Waals surface area contributed by atoms with Crippen molar-refractivity contribution in [1.82, 2.24) is 9.97 Å². The van der Waals surface area contributed by atoms with Crippen LogP contribution in [0.4, 0.5) is 14.7 Å². The van der Waals surface area contributed by atoms with Gasteiger partial charge in [0, 0.05) is 25.1 Å². The first-order valence-corrected chi connectivity index (χ1v) is 7.60. The van der Waals surface area contributed by atoms with Gasteiger partial charge in [-0.05, 0) is 35.0 Å². The van der Waals surface area contributed by atoms with Crippen molar-refractivity contribution in [3.63, 3.8) is 0 Å². The smallest absolute Gasteiger partial charge is 0.266 e. The normalized spacial score (nSPS) is 12.3. The van der Waals surface area contributed by atoms with E-state index in [2.05, 4.69) is 25.9 Å². The maximum atomic E-state index is 14.0. The van der Waals surface area contributed by atoms with Crippen LogP contribution in [0, 0.1) is 11.6 Å². The van der Waals surface area contributed by atoms with Crippen LogP contribution in [0.2, 0.25) is 0 Å². The minimum atomic E-state index is -0.707. The zero-order valence-electron chi connectivity index (χ0n) is 12.5. The maximum Gasteiger partial charge on any atom is 0.266 e. The number of H-pyrrole nitrogens is 1. The van der Waals surface area contributed by atoms with Gasteiger partial charge in [-0.25, -0.2) is 13.8 Å². The summed E-state index contributed by atoms with van der Waals surface area (Å²) in [4.78, 5) is 20.7. The number of hydrogen-bond donors (Lipinski definition) is 1. The molecule has 1 unspecified atom stereocenters. The minimum absolute atomic E-state index is 0.105. The molecule has 1 N–H and O–H groups in total. The quantitative estimate of drug-likeness (QED) is 0.895. The monoisotopic (exact) mass is 371 g/mol. The second kappa shape index (κ2) is 6.56. The zero-order valence-corrected chi connectivity index (χ0v) is 14.0. The predicted molar refractivity (Wildman–Crippen MR) is 85.4 cm³/mol. The van der Waals surface area contributed by atoms with E-state index < -0.39 is 17.6 Å². The molecule has 1 heterocycles. The van der Waals surface area contributed by atoms with E-state index in [1.54, 1.807) is 18.9 Å². The molecular formula is C15H16BrF2N3O. The molecular weight excluding hydrogens is 356 g/mol. The molecule has 1 atom stereocenters. The molecule has 0 amide bonds. The van der Waals surface area contributed by atoms with Gasteiger partial charge in [0.2, 0.25) is 5.95 Å². The number of nitrogens with zero attached hydrogens (tertiary/aromatic N) is 2. The summed E-state index contributed by atoms with van der Waals surface area (Å²) in [5.41, 5.74) is -0.196. The summed E-state index contributed by atoms with van der Waals surface area (Å²) in [7, 11) is 1.77. The molecule has 0 aliphatic rings. The van der Waals surface area contributed by atoms with Crippen LogP contribution in [0.15, 0.2) is 27.5 Å². The van der Waals surface area contributed by atoms with E-state index in [1.165, 1.54) is 18.2 Å². The third-order valence-corrected chi connectivity index (χ3v) is 4.32. The van der Waals surface area contributed by atoms with E-state index in [0.717, 1.165) is 0 Å². The second-order valence-electron chi connectivity index (χ2n) is 4.96. The predicted octanol–water partition coefficient (Wildman–Crippen LogP) is 3.42. The van der Waals surface area contributed by atoms with Crippen LogP contribution >= 0.6 is 15.9 Å². The summed E-state index contributed by atoms with van der Waals surface area (Å²) < 4.78 is 28.1. The van der Waals surface area contributed by atoms with Crippen LogP contribution in [-0.4, -0.2) is 23.6 Å². The Labute approximate surface area is 135 Å². The Morgan fingerprint density at radius 2 is 1.95 bits per heavy atom. The molecule has 0 saturated heterocycles. The largest absolute Gasteiger partial charge is 0.346 e. The van der Waals surface area contributed by atoms with Crippen molar-refractivity contribution < 1.29 is 8.78 Å². The lowest BCUT2D eigenvalue weighted by atomic mass is 9.96. The van der Waals surface area contributed by atoms with E-state index in [9.17, 15) is 13.6 Å². The molecule has 4 nitrogen and oxygen atoms in total. The minimum Gasteiger partial charge on any atom is -0.346 e. The highest BCUT2D eigenvalue weighted by molar-refractivity contribution is 9.10. The third-order valence-electron chi connectivity index (χ3n) is 3.55. The molecule has 118 valence electrons. The summed E-state index contributed by atoms with van der Waals surface area (Å²) in [6, 6.07) is 3.68. The number of benzene rings is 1. The Morgan fingerprint density at radius 3 is 2.50 bits per heavy atom. The molecule has 1 aromatic carbocycles. The molecule has 2 rings (SSSR count). The number of rotatable bonds is 4. The summed E-state index contributed by atoms with van der Waals surface area (Å²) in [5, 5.41) is 0. The number of anilines is 1. The van der Waals surface area contributed by atoms with Crippen LogP contribution in [0.3, 0.4) is 0 Å². The van der Waals surface area contributed by atoms with Gasteiger partial charge in [-0.1, -0.05) is 13.0 Å². The number of halogens is 3. The van der Waals surface area contributed by atoms with Gasteiger partial charge < -0.3 is 4.90 Å². The lowest BCUT2D eigenvalue weighted by Gasteiger charge is -2.19. The number of nitrogens with one attached hydrogen (secondary N) is 1. The fourth-order valence-corrected chi connectivity index (χ4v) is 2.67. The molecule has 1 aromatic heterocycles. The molecule has 2 aromatic rings. The van der Waals surface area contributed by atoms with Crippen LogP contribution in [0.25, 0.3) is 0 Å². The molecule has 7 heteroatoms. The van der Waals surface area contributed by atoms with E-state index >= 15 is 0 Å². The van der Waals surface area contributed by atoms with Crippen LogP contribution < -0.4 is 10.5 Å². The summed E-state index contributed by atoms with van der Waals surface area (Å²) in [6.45, 7) is 4.15. The average molecular weight is 372 g/mol. The lowest BCUT2D eigenvalue weighted by molar-refractivity contribution is 0.544. The van der Waals surface area contributed by atoms with Crippen LogP contribution in [0.5, 0.6) is 0 Å². The Bertz CT molecular complexity index is 728. The van der Waals surface area contributed by atoms with Crippen molar-refractivity contribution in [3.8, 4) is 0 Å². The van der Waals surface area contributed by atoms with Crippen molar-refractivity contribution >= 4 is 21.9 Å². The number of aromatic amines is 1. The SMILES string of the molecule is CCN(C)c1nc(C(C)c2c(F)cccc2F)c(Br)c(=O)[nH]1. The average Bonchev–Trinajstić information content (AvgIpc) is 2.48. The van der Waals surface area contributed by atoms with E-state index in [4.69, 9.17) is 0 Å². The van der Waals surface area contributed by atoms with Crippen molar-refractivity contribution in [2.45, 2.75) is 19.8 Å². The van der Waals surface area contributed by atoms with Gasteiger partial charge in [-0.3, -0.25) is 9.78 Å². The molecule has 0 bridgehead atoms. The van der Waals surface area contributed by atoms with Crippen molar-refractivity contribution in [1.29, 1.82) is 0 Å². The first-order chi connectivity index (χ1) is 10.4. The Kier molecular flexibility index (Phi) is 4.95. The third kappa shape index (κ3) is 3.04. The summed E-state index contributed by atoms with van der Waals surface area (Å²) in [5.74, 6) is -1.67. The lowest BCUT2D eigenvalue weighted by Crippen LogP contribution is -2.25. The van der Waals surface area contributed by atoms with E-state index in [1.807, 2.05) is 6.92 Å². The Morgan fingerprint density at radius 1 is 1.36 bits per heavy atom. The molecule has 0 aliphatic carbocycles. The molecule has 0 fully saturated rings. The number of hydrogen-bond acceptors (Lipinski definition) is 3. The molecule has 0 saturated carbocycles. The molecule has 0 spiro atoms. The van der Waals surface area contributed by atoms with Crippen LogP contribution in [-0.2, 0) is 0 Å². The van der Waals surface area contributed by atoms with Crippen LogP contribution in [0.1, 0.15) is 31.0 Å². The first kappa shape index (κ1) is 16.6. The van der Waals surface area contributed by atoms with Gasteiger partial charge in [0.05, 0.1) is 5.69 Å². The Hall–Kier alpha value is -1.76. The molecule has 0 aliphatic heterocycles. The Balaban J connectivity index is 2.61. The second-order valence-corrected chi connectivity index (χ2v) is 5.75. The maximum absolute atomic E-state index is 14.0. The standard InChI is InChI=1S/C15H16BrF2N3O/c1-4-21(3)15-19-13(12(16)14(22)20-15)8(2)11-9(17)6-5-7-10(11)18/h5-8H,4H2,1-3H3,(H,19,20,22). The van der Waals surface area contributed by atoms with Gasteiger partial charge in [0.25, 0.3) is 5.56 Å². The first-order valence-electron chi connectivity index (χ1n) is 6.81. The van der Waals surface area contributed by atoms with Crippen molar-refractivity contribution in [3.05, 3.63) is 55.9 Å². The highest BCUT2D eigenvalue weighted by atomic mass is 79.9. The van der Waals surface area contributed by atoms with Crippen molar-refractivity contribution in [2.24, 2.45) is 0 Å². The summed E-state index contributed by atoms with van der Waals surface area (Å²) >= 11 is 3.16. The fourth-order valence-electron chi connectivity index (χ4n) is 2.14. The highest BCUT2D eigenvalue weighted by Crippen LogP contribution is 2.31. The molecule has 22 heavy (non-hydrogen) atoms. The van der Waals surface area contributed by atoms with Gasteiger partial charge >= 0.3 is 0 Å². The van der Waals surface area contributed by atoms with Crippen molar-refractivity contribution in [2.75, 3.05) is 18.5 Å². The summed E-state index contributed by atoms with van der Waals surface area (Å²) in [6.07, 6.45) is 0. The van der Waals surface area contributed by atoms with Gasteiger partial charge in [0.1, 0.15) is 16.1 Å². The zero-order chi connectivity index (χ0) is 16.4. The van der Waals surface area contributed by atoms with Gasteiger partial charge in [-0.2, -0.15) is 0 Å². The van der Waals surface area contributed by atoms with E-state index in [0.29, 0.717) is 18.2 Å². The molecule has 0 radical (unpaired) electrons. The van der Waals surface area contributed by atoms with E-state index in [-0.39, 0.29) is 15.6 Å². The topological polar surface area (TPSA) is 49.0 Å². The number of aromatic nitrogens is 2. The fraction of sp³-hybridized carbons (Fsp3) is 0.333. The van der Waals surface area contributed by atoms with Gasteiger partial charge in [0.15, 0.2) is 0 Å². The highest BCUT2D eigenvalue weighted by Gasteiger charge is 2.23.